The minimum absolute atomic E-state index is 0.517. The third-order valence-electron chi connectivity index (χ3n) is 3.16. The summed E-state index contributed by atoms with van der Waals surface area (Å²) in [5, 5.41) is 20.9. The van der Waals surface area contributed by atoms with Crippen molar-refractivity contribution in [3.8, 4) is 10.6 Å². The maximum Gasteiger partial charge on any atom is 0.124 e. The van der Waals surface area contributed by atoms with Gasteiger partial charge in [-0.2, -0.15) is 23.1 Å². The topological polar surface area (TPSA) is 45.1 Å². The van der Waals surface area contributed by atoms with Gasteiger partial charge in [-0.15, -0.1) is 11.3 Å². The van der Waals surface area contributed by atoms with Crippen LogP contribution in [0.4, 0.5) is 0 Å². The lowest BCUT2D eigenvalue weighted by Gasteiger charge is -2.21. The number of nitrogens with zero attached hydrogens (tertiary/aromatic N) is 1. The molecule has 102 valence electrons. The molecule has 0 saturated carbocycles. The van der Waals surface area contributed by atoms with Gasteiger partial charge in [0, 0.05) is 35.2 Å². The number of hydrogen-bond donors (Lipinski definition) is 2. The van der Waals surface area contributed by atoms with E-state index in [1.807, 2.05) is 11.8 Å². The Balaban J connectivity index is 1.53. The number of aromatic nitrogens is 1. The molecular formula is C13H16N2OS3. The number of hydrogen-bond acceptors (Lipinski definition) is 6. The molecule has 1 fully saturated rings. The first-order valence-corrected chi connectivity index (χ1v) is 9.21. The average molecular weight is 312 g/mol. The van der Waals surface area contributed by atoms with Gasteiger partial charge in [-0.1, -0.05) is 0 Å². The van der Waals surface area contributed by atoms with Gasteiger partial charge in [0.25, 0.3) is 0 Å². The standard InChI is InChI=1S/C13H16N2OS3/c16-13(2-4-18-9-13)8-14-5-11-7-19-12(15-11)10-1-3-17-6-10/h1,3,6-7,14,16H,2,4-5,8-9H2. The Bertz CT molecular complexity index is 518. The van der Waals surface area contributed by atoms with Gasteiger partial charge >= 0.3 is 0 Å². The number of thioether (sulfide) groups is 1. The first kappa shape index (κ1) is 13.6. The van der Waals surface area contributed by atoms with Crippen LogP contribution in [0.15, 0.2) is 22.2 Å². The summed E-state index contributed by atoms with van der Waals surface area (Å²) in [6.07, 6.45) is 0.891. The van der Waals surface area contributed by atoms with Crippen LogP contribution in [0.1, 0.15) is 12.1 Å². The molecule has 0 radical (unpaired) electrons. The molecule has 2 aromatic heterocycles. The quantitative estimate of drug-likeness (QED) is 0.891. The van der Waals surface area contributed by atoms with Crippen LogP contribution in [-0.2, 0) is 6.54 Å². The summed E-state index contributed by atoms with van der Waals surface area (Å²) in [5.74, 6) is 1.91. The molecule has 0 amide bonds. The van der Waals surface area contributed by atoms with Crippen molar-refractivity contribution in [1.29, 1.82) is 0 Å². The van der Waals surface area contributed by atoms with E-state index < -0.39 is 5.60 Å². The molecule has 0 aliphatic carbocycles. The second-order valence-electron chi connectivity index (χ2n) is 4.79. The van der Waals surface area contributed by atoms with Crippen molar-refractivity contribution < 1.29 is 5.11 Å². The molecule has 0 spiro atoms. The smallest absolute Gasteiger partial charge is 0.124 e. The second-order valence-corrected chi connectivity index (χ2v) is 7.53. The van der Waals surface area contributed by atoms with Gasteiger partial charge < -0.3 is 10.4 Å². The molecule has 1 saturated heterocycles. The third kappa shape index (κ3) is 3.38. The number of thiophene rings is 1. The zero-order chi connectivity index (χ0) is 13.1. The van der Waals surface area contributed by atoms with Crippen molar-refractivity contribution in [3.63, 3.8) is 0 Å². The summed E-state index contributed by atoms with van der Waals surface area (Å²) < 4.78 is 0. The molecule has 1 aliphatic heterocycles. The highest BCUT2D eigenvalue weighted by Crippen LogP contribution is 2.28. The Hall–Kier alpha value is -0.400. The molecule has 1 unspecified atom stereocenters. The average Bonchev–Trinajstić information content (AvgIpc) is 3.08. The highest BCUT2D eigenvalue weighted by atomic mass is 32.2. The van der Waals surface area contributed by atoms with Crippen molar-refractivity contribution in [3.05, 3.63) is 27.9 Å². The van der Waals surface area contributed by atoms with Crippen molar-refractivity contribution in [2.24, 2.45) is 0 Å². The monoisotopic (exact) mass is 312 g/mol. The molecule has 1 aliphatic rings. The van der Waals surface area contributed by atoms with E-state index in [9.17, 15) is 5.11 Å². The predicted octanol–water partition coefficient (Wildman–Crippen LogP) is 2.83. The molecule has 19 heavy (non-hydrogen) atoms. The lowest BCUT2D eigenvalue weighted by Crippen LogP contribution is -2.40. The Kier molecular flexibility index (Phi) is 4.24. The number of rotatable bonds is 5. The van der Waals surface area contributed by atoms with E-state index in [0.717, 1.165) is 35.2 Å². The van der Waals surface area contributed by atoms with Gasteiger partial charge in [-0.25, -0.2) is 4.98 Å². The molecule has 6 heteroatoms. The van der Waals surface area contributed by atoms with Crippen LogP contribution in [0.25, 0.3) is 10.6 Å². The Morgan fingerprint density at radius 3 is 3.11 bits per heavy atom. The molecule has 3 heterocycles. The molecule has 3 nitrogen and oxygen atoms in total. The van der Waals surface area contributed by atoms with Crippen molar-refractivity contribution in [2.45, 2.75) is 18.6 Å². The summed E-state index contributed by atoms with van der Waals surface area (Å²) in [4.78, 5) is 4.62. The Morgan fingerprint density at radius 1 is 1.42 bits per heavy atom. The molecule has 2 aromatic rings. The third-order valence-corrected chi connectivity index (χ3v) is 6.02. The fourth-order valence-electron chi connectivity index (χ4n) is 2.07. The van der Waals surface area contributed by atoms with E-state index in [2.05, 4.69) is 32.5 Å². The lowest BCUT2D eigenvalue weighted by atomic mass is 10.0. The first-order chi connectivity index (χ1) is 9.25. The van der Waals surface area contributed by atoms with E-state index in [-0.39, 0.29) is 0 Å². The summed E-state index contributed by atoms with van der Waals surface area (Å²) in [7, 11) is 0. The number of aliphatic hydroxyl groups is 1. The highest BCUT2D eigenvalue weighted by Gasteiger charge is 2.31. The fraction of sp³-hybridized carbons (Fsp3) is 0.462. The van der Waals surface area contributed by atoms with Crippen LogP contribution >= 0.6 is 34.4 Å². The van der Waals surface area contributed by atoms with Crippen molar-refractivity contribution in [2.75, 3.05) is 18.1 Å². The molecule has 0 bridgehead atoms. The van der Waals surface area contributed by atoms with Crippen LogP contribution in [0.5, 0.6) is 0 Å². The summed E-state index contributed by atoms with van der Waals surface area (Å²) in [5.41, 5.74) is 1.74. The summed E-state index contributed by atoms with van der Waals surface area (Å²) in [6, 6.07) is 2.10. The van der Waals surface area contributed by atoms with E-state index in [1.54, 1.807) is 22.7 Å². The Labute approximate surface area is 125 Å². The van der Waals surface area contributed by atoms with Gasteiger partial charge in [0.1, 0.15) is 5.01 Å². The summed E-state index contributed by atoms with van der Waals surface area (Å²) >= 11 is 5.20. The van der Waals surface area contributed by atoms with E-state index in [0.29, 0.717) is 6.54 Å². The maximum absolute atomic E-state index is 10.2. The molecular weight excluding hydrogens is 296 g/mol. The highest BCUT2D eigenvalue weighted by molar-refractivity contribution is 7.99. The van der Waals surface area contributed by atoms with Crippen molar-refractivity contribution in [1.82, 2.24) is 10.3 Å². The van der Waals surface area contributed by atoms with Crippen LogP contribution in [0.3, 0.4) is 0 Å². The van der Waals surface area contributed by atoms with Gasteiger partial charge in [-0.05, 0) is 23.6 Å². The largest absolute Gasteiger partial charge is 0.388 e. The molecule has 3 rings (SSSR count). The van der Waals surface area contributed by atoms with Gasteiger partial charge in [0.05, 0.1) is 11.3 Å². The fourth-order valence-corrected chi connectivity index (χ4v) is 4.89. The summed E-state index contributed by atoms with van der Waals surface area (Å²) in [6.45, 7) is 1.39. The Morgan fingerprint density at radius 2 is 2.37 bits per heavy atom. The van der Waals surface area contributed by atoms with Gasteiger partial charge in [0.15, 0.2) is 0 Å². The minimum Gasteiger partial charge on any atom is -0.388 e. The normalized spacial score (nSPS) is 23.0. The maximum atomic E-state index is 10.2. The zero-order valence-corrected chi connectivity index (χ0v) is 12.9. The van der Waals surface area contributed by atoms with E-state index in [1.165, 1.54) is 5.56 Å². The van der Waals surface area contributed by atoms with E-state index in [4.69, 9.17) is 0 Å². The molecule has 2 N–H and O–H groups in total. The van der Waals surface area contributed by atoms with Crippen LogP contribution < -0.4 is 5.32 Å². The van der Waals surface area contributed by atoms with Crippen LogP contribution in [-0.4, -0.2) is 33.7 Å². The van der Waals surface area contributed by atoms with Crippen LogP contribution in [0.2, 0.25) is 0 Å². The van der Waals surface area contributed by atoms with Crippen LogP contribution in [0, 0.1) is 0 Å². The lowest BCUT2D eigenvalue weighted by molar-refractivity contribution is 0.0674. The zero-order valence-electron chi connectivity index (χ0n) is 10.5. The minimum atomic E-state index is -0.517. The number of nitrogens with one attached hydrogen (secondary N) is 1. The van der Waals surface area contributed by atoms with Gasteiger partial charge in [0.2, 0.25) is 0 Å². The molecule has 1 atom stereocenters. The predicted molar refractivity (Wildman–Crippen MR) is 84.0 cm³/mol. The first-order valence-electron chi connectivity index (χ1n) is 6.23. The number of thiazole rings is 1. The molecule has 0 aromatic carbocycles. The van der Waals surface area contributed by atoms with Crippen molar-refractivity contribution >= 4 is 34.4 Å². The van der Waals surface area contributed by atoms with E-state index >= 15 is 0 Å². The second kappa shape index (κ2) is 5.93. The van der Waals surface area contributed by atoms with Gasteiger partial charge in [-0.3, -0.25) is 0 Å². The SMILES string of the molecule is OC1(CNCc2csc(-c3ccsc3)n2)CCSC1.